The molecule has 0 atom stereocenters. The van der Waals surface area contributed by atoms with Crippen LogP contribution in [0.25, 0.3) is 10.9 Å². The van der Waals surface area contributed by atoms with Crippen molar-refractivity contribution in [1.82, 2.24) is 9.78 Å². The van der Waals surface area contributed by atoms with Gasteiger partial charge in [-0.2, -0.15) is 18.3 Å². The Kier molecular flexibility index (Phi) is 4.47. The van der Waals surface area contributed by atoms with E-state index in [0.29, 0.717) is 11.9 Å². The average molecular weight is 358 g/mol. The van der Waals surface area contributed by atoms with Crippen molar-refractivity contribution in [1.29, 1.82) is 0 Å². The molecular weight excluding hydrogens is 337 g/mol. The number of halogens is 3. The van der Waals surface area contributed by atoms with Gasteiger partial charge in [0.05, 0.1) is 12.1 Å². The largest absolute Gasteiger partial charge is 0.418 e. The van der Waals surface area contributed by atoms with Gasteiger partial charge in [0.25, 0.3) is 0 Å². The Labute approximate surface area is 150 Å². The normalized spacial score (nSPS) is 16.3. The summed E-state index contributed by atoms with van der Waals surface area (Å²) in [5.74, 6) is 0.279. The van der Waals surface area contributed by atoms with Crippen molar-refractivity contribution in [3.8, 4) is 0 Å². The van der Waals surface area contributed by atoms with Gasteiger partial charge in [-0.15, -0.1) is 0 Å². The lowest BCUT2D eigenvalue weighted by molar-refractivity contribution is -0.136. The molecule has 0 unspecified atom stereocenters. The summed E-state index contributed by atoms with van der Waals surface area (Å²) in [6.45, 7) is 0.499. The second kappa shape index (κ2) is 6.78. The smallest absolute Gasteiger partial charge is 0.264 e. The third-order valence-corrected chi connectivity index (χ3v) is 5.28. The molecule has 2 nitrogen and oxygen atoms in total. The average Bonchev–Trinajstić information content (AvgIpc) is 3.00. The highest BCUT2D eigenvalue weighted by molar-refractivity contribution is 5.85. The van der Waals surface area contributed by atoms with Gasteiger partial charge < -0.3 is 0 Å². The Morgan fingerprint density at radius 3 is 2.35 bits per heavy atom. The molecule has 5 heteroatoms. The molecule has 3 aromatic rings. The van der Waals surface area contributed by atoms with Gasteiger partial charge in [-0.25, -0.2) is 0 Å². The summed E-state index contributed by atoms with van der Waals surface area (Å²) in [6.07, 6.45) is 1.10. The van der Waals surface area contributed by atoms with E-state index in [-0.39, 0.29) is 11.4 Å². The molecule has 2 aromatic carbocycles. The Morgan fingerprint density at radius 1 is 0.923 bits per heavy atom. The third-order valence-electron chi connectivity index (χ3n) is 5.28. The van der Waals surface area contributed by atoms with Crippen LogP contribution in [0.3, 0.4) is 0 Å². The number of alkyl halides is 3. The van der Waals surface area contributed by atoms with Gasteiger partial charge in [0.1, 0.15) is 5.52 Å². The molecule has 4 rings (SSSR count). The topological polar surface area (TPSA) is 17.8 Å². The maximum Gasteiger partial charge on any atom is 0.418 e. The van der Waals surface area contributed by atoms with Crippen LogP contribution in [0, 0.1) is 0 Å². The highest BCUT2D eigenvalue weighted by atomic mass is 19.4. The summed E-state index contributed by atoms with van der Waals surface area (Å²) >= 11 is 0. The minimum atomic E-state index is -4.39. The van der Waals surface area contributed by atoms with Crippen LogP contribution in [-0.4, -0.2) is 9.78 Å². The maximum atomic E-state index is 13.5. The molecule has 0 spiro atoms. The van der Waals surface area contributed by atoms with E-state index in [9.17, 15) is 13.2 Å². The van der Waals surface area contributed by atoms with Gasteiger partial charge in [-0.1, -0.05) is 61.7 Å². The Morgan fingerprint density at radius 2 is 1.65 bits per heavy atom. The van der Waals surface area contributed by atoms with Crippen molar-refractivity contribution in [3.05, 3.63) is 65.4 Å². The van der Waals surface area contributed by atoms with E-state index in [0.717, 1.165) is 43.0 Å². The highest BCUT2D eigenvalue weighted by Crippen LogP contribution is 2.40. The number of rotatable bonds is 3. The molecule has 1 fully saturated rings. The third kappa shape index (κ3) is 3.22. The first-order valence-corrected chi connectivity index (χ1v) is 9.14. The van der Waals surface area contributed by atoms with Crippen molar-refractivity contribution >= 4 is 10.9 Å². The van der Waals surface area contributed by atoms with E-state index < -0.39 is 11.7 Å². The van der Waals surface area contributed by atoms with Crippen LogP contribution in [0.5, 0.6) is 0 Å². The number of hydrogen-bond donors (Lipinski definition) is 0. The summed E-state index contributed by atoms with van der Waals surface area (Å²) in [6, 6.07) is 14.2. The quantitative estimate of drug-likeness (QED) is 0.549. The summed E-state index contributed by atoms with van der Waals surface area (Å²) in [4.78, 5) is 0. The molecule has 1 aromatic heterocycles. The predicted molar refractivity (Wildman–Crippen MR) is 96.1 cm³/mol. The van der Waals surface area contributed by atoms with Crippen molar-refractivity contribution < 1.29 is 13.2 Å². The zero-order chi connectivity index (χ0) is 18.1. The minimum absolute atomic E-state index is 0.0801. The van der Waals surface area contributed by atoms with E-state index in [1.807, 2.05) is 35.0 Å². The van der Waals surface area contributed by atoms with Gasteiger partial charge in [-0.05, 0) is 24.5 Å². The number of hydrogen-bond acceptors (Lipinski definition) is 1. The first kappa shape index (κ1) is 17.1. The molecular formula is C21H21F3N2. The fourth-order valence-electron chi connectivity index (χ4n) is 4.08. The molecule has 0 N–H and O–H groups in total. The molecule has 1 aliphatic rings. The van der Waals surface area contributed by atoms with Crippen LogP contribution in [0.1, 0.15) is 54.8 Å². The molecule has 0 radical (unpaired) electrons. The first-order chi connectivity index (χ1) is 12.5. The molecule has 1 heterocycles. The van der Waals surface area contributed by atoms with Crippen LogP contribution in [0.2, 0.25) is 0 Å². The van der Waals surface area contributed by atoms with Gasteiger partial charge in [0.15, 0.2) is 0 Å². The lowest BCUT2D eigenvalue weighted by Crippen LogP contribution is -2.13. The van der Waals surface area contributed by atoms with Crippen molar-refractivity contribution in [2.45, 2.75) is 50.7 Å². The molecule has 1 saturated carbocycles. The molecule has 136 valence electrons. The zero-order valence-corrected chi connectivity index (χ0v) is 14.5. The minimum Gasteiger partial charge on any atom is -0.264 e. The molecule has 0 aliphatic heterocycles. The molecule has 0 bridgehead atoms. The van der Waals surface area contributed by atoms with Gasteiger partial charge in [0, 0.05) is 17.0 Å². The molecule has 26 heavy (non-hydrogen) atoms. The second-order valence-corrected chi connectivity index (χ2v) is 7.06. The van der Waals surface area contributed by atoms with E-state index in [2.05, 4.69) is 5.10 Å². The highest BCUT2D eigenvalue weighted by Gasteiger charge is 2.35. The lowest BCUT2D eigenvalue weighted by atomic mass is 9.85. The number of benzene rings is 2. The SMILES string of the molecule is FC(F)(F)c1cccc2c(C3CCCCC3)n(Cc3ccccc3)nc12. The Balaban J connectivity index is 1.88. The summed E-state index contributed by atoms with van der Waals surface area (Å²) < 4.78 is 42.2. The van der Waals surface area contributed by atoms with Crippen molar-refractivity contribution in [2.75, 3.05) is 0 Å². The van der Waals surface area contributed by atoms with Gasteiger partial charge in [0.2, 0.25) is 0 Å². The van der Waals surface area contributed by atoms with Crippen LogP contribution in [0.4, 0.5) is 13.2 Å². The van der Waals surface area contributed by atoms with E-state index in [1.165, 1.54) is 12.5 Å². The van der Waals surface area contributed by atoms with E-state index in [4.69, 9.17) is 0 Å². The Bertz CT molecular complexity index is 891. The van der Waals surface area contributed by atoms with Crippen LogP contribution >= 0.6 is 0 Å². The fourth-order valence-corrected chi connectivity index (χ4v) is 4.08. The number of fused-ring (bicyclic) bond motifs is 1. The predicted octanol–water partition coefficient (Wildman–Crippen LogP) is 6.15. The summed E-state index contributed by atoms with van der Waals surface area (Å²) in [7, 11) is 0. The van der Waals surface area contributed by atoms with Gasteiger partial charge in [-0.3, -0.25) is 4.68 Å². The summed E-state index contributed by atoms with van der Waals surface area (Å²) in [5.41, 5.74) is 1.45. The Hall–Kier alpha value is -2.30. The fraction of sp³-hybridized carbons (Fsp3) is 0.381. The molecule has 1 aliphatic carbocycles. The van der Waals surface area contributed by atoms with Crippen LogP contribution in [-0.2, 0) is 12.7 Å². The van der Waals surface area contributed by atoms with E-state index in [1.54, 1.807) is 6.07 Å². The van der Waals surface area contributed by atoms with Gasteiger partial charge >= 0.3 is 6.18 Å². The first-order valence-electron chi connectivity index (χ1n) is 9.14. The number of nitrogens with zero attached hydrogens (tertiary/aromatic N) is 2. The van der Waals surface area contributed by atoms with E-state index >= 15 is 0 Å². The second-order valence-electron chi connectivity index (χ2n) is 7.06. The monoisotopic (exact) mass is 358 g/mol. The van der Waals surface area contributed by atoms with Crippen LogP contribution in [0.15, 0.2) is 48.5 Å². The van der Waals surface area contributed by atoms with Crippen molar-refractivity contribution in [2.24, 2.45) is 0 Å². The van der Waals surface area contributed by atoms with Crippen molar-refractivity contribution in [3.63, 3.8) is 0 Å². The van der Waals surface area contributed by atoms with Crippen LogP contribution < -0.4 is 0 Å². The standard InChI is InChI=1S/C21H21F3N2/c22-21(23,24)18-13-7-12-17-19(18)25-26(14-15-8-3-1-4-9-15)20(17)16-10-5-2-6-11-16/h1,3-4,7-9,12-13,16H,2,5-6,10-11,14H2. The maximum absolute atomic E-state index is 13.5. The molecule has 0 amide bonds. The lowest BCUT2D eigenvalue weighted by Gasteiger charge is -2.23. The summed E-state index contributed by atoms with van der Waals surface area (Å²) in [5, 5.41) is 5.10. The molecule has 0 saturated heterocycles. The zero-order valence-electron chi connectivity index (χ0n) is 14.5. The number of aromatic nitrogens is 2.